The summed E-state index contributed by atoms with van der Waals surface area (Å²) >= 11 is 0. The maximum Gasteiger partial charge on any atom is 0.452 e. The minimum absolute atomic E-state index is 0.0260. The van der Waals surface area contributed by atoms with Crippen molar-refractivity contribution in [2.24, 2.45) is 0 Å². The third-order valence-corrected chi connectivity index (χ3v) is 2.98. The molecule has 3 rings (SSSR count). The molecule has 0 unspecified atom stereocenters. The van der Waals surface area contributed by atoms with E-state index < -0.39 is 12.0 Å². The van der Waals surface area contributed by atoms with Crippen LogP contribution in [0.25, 0.3) is 16.9 Å². The average molecular weight is 294 g/mol. The lowest BCUT2D eigenvalue weighted by Crippen LogP contribution is -2.11. The molecule has 0 radical (unpaired) electrons. The van der Waals surface area contributed by atoms with Gasteiger partial charge in [-0.2, -0.15) is 13.2 Å². The van der Waals surface area contributed by atoms with Gasteiger partial charge < -0.3 is 5.11 Å². The summed E-state index contributed by atoms with van der Waals surface area (Å²) in [5.74, 6) is -1.09. The smallest absolute Gasteiger partial charge is 0.392 e. The lowest BCUT2D eigenvalue weighted by Gasteiger charge is -2.06. The quantitative estimate of drug-likeness (QED) is 0.787. The van der Waals surface area contributed by atoms with E-state index in [1.165, 1.54) is 12.4 Å². The van der Waals surface area contributed by atoms with Crippen LogP contribution in [0.2, 0.25) is 0 Å². The molecule has 0 bridgehead atoms. The van der Waals surface area contributed by atoms with Crippen molar-refractivity contribution in [1.82, 2.24) is 19.6 Å². The van der Waals surface area contributed by atoms with Gasteiger partial charge >= 0.3 is 6.18 Å². The van der Waals surface area contributed by atoms with E-state index in [-0.39, 0.29) is 12.3 Å². The summed E-state index contributed by atoms with van der Waals surface area (Å²) in [5, 5.41) is 15.6. The number of aliphatic hydroxyl groups is 1. The number of halogens is 3. The molecule has 108 valence electrons. The van der Waals surface area contributed by atoms with Crippen LogP contribution >= 0.6 is 0 Å². The number of hydrogen-bond donors (Lipinski definition) is 1. The Hall–Kier alpha value is -2.48. The van der Waals surface area contributed by atoms with E-state index in [0.717, 1.165) is 4.40 Å². The molecule has 2 aromatic heterocycles. The van der Waals surface area contributed by atoms with Crippen LogP contribution in [-0.2, 0) is 12.8 Å². The summed E-state index contributed by atoms with van der Waals surface area (Å²) in [7, 11) is 0. The van der Waals surface area contributed by atoms with Crippen LogP contribution in [0.5, 0.6) is 0 Å². The molecule has 0 aliphatic rings. The van der Waals surface area contributed by atoms with Gasteiger partial charge in [0.05, 0.1) is 18.5 Å². The highest BCUT2D eigenvalue weighted by molar-refractivity contribution is 5.60. The minimum atomic E-state index is -4.58. The van der Waals surface area contributed by atoms with E-state index in [4.69, 9.17) is 5.11 Å². The largest absolute Gasteiger partial charge is 0.452 e. The van der Waals surface area contributed by atoms with Crippen LogP contribution in [-0.4, -0.2) is 24.7 Å². The third kappa shape index (κ3) is 2.45. The van der Waals surface area contributed by atoms with Crippen molar-refractivity contribution in [2.75, 3.05) is 0 Å². The van der Waals surface area contributed by atoms with Gasteiger partial charge in [-0.1, -0.05) is 24.3 Å². The first-order valence-corrected chi connectivity index (χ1v) is 5.97. The molecule has 0 saturated carbocycles. The van der Waals surface area contributed by atoms with Crippen LogP contribution in [0.1, 0.15) is 11.4 Å². The monoisotopic (exact) mass is 294 g/mol. The second-order valence-corrected chi connectivity index (χ2v) is 4.38. The molecule has 1 N–H and O–H groups in total. The van der Waals surface area contributed by atoms with Gasteiger partial charge in [-0.05, 0) is 5.56 Å². The van der Waals surface area contributed by atoms with Crippen LogP contribution < -0.4 is 0 Å². The standard InChI is InChI=1S/C13H9F3N4O/c14-13(15,16)12-19-18-11-5-17-10(6-20(11)12)9-3-1-8(7-21)2-4-9/h1-6,21H,7H2. The van der Waals surface area contributed by atoms with Crippen LogP contribution in [0.4, 0.5) is 13.2 Å². The second-order valence-electron chi connectivity index (χ2n) is 4.38. The van der Waals surface area contributed by atoms with Gasteiger partial charge in [0.25, 0.3) is 0 Å². The lowest BCUT2D eigenvalue weighted by atomic mass is 10.1. The fraction of sp³-hybridized carbons (Fsp3) is 0.154. The molecule has 21 heavy (non-hydrogen) atoms. The molecule has 1 aromatic carbocycles. The van der Waals surface area contributed by atoms with Gasteiger partial charge in [-0.3, -0.25) is 9.38 Å². The molecule has 0 aliphatic heterocycles. The molecular weight excluding hydrogens is 285 g/mol. The summed E-state index contributed by atoms with van der Waals surface area (Å²) < 4.78 is 39.3. The zero-order valence-corrected chi connectivity index (χ0v) is 10.5. The van der Waals surface area contributed by atoms with Gasteiger partial charge in [-0.25, -0.2) is 0 Å². The Bertz CT molecular complexity index is 780. The van der Waals surface area contributed by atoms with Crippen molar-refractivity contribution in [3.8, 4) is 11.3 Å². The SMILES string of the molecule is OCc1ccc(-c2cn3c(C(F)(F)F)nnc3cn2)cc1. The molecule has 0 spiro atoms. The van der Waals surface area contributed by atoms with E-state index in [1.54, 1.807) is 24.3 Å². The summed E-state index contributed by atoms with van der Waals surface area (Å²) in [6.45, 7) is -0.101. The predicted molar refractivity (Wildman–Crippen MR) is 67.1 cm³/mol. The van der Waals surface area contributed by atoms with Crippen LogP contribution in [0.3, 0.4) is 0 Å². The Balaban J connectivity index is 2.11. The number of fused-ring (bicyclic) bond motifs is 1. The average Bonchev–Trinajstić information content (AvgIpc) is 2.90. The number of alkyl halides is 3. The second kappa shape index (κ2) is 4.81. The number of rotatable bonds is 2. The van der Waals surface area contributed by atoms with Gasteiger partial charge in [0.15, 0.2) is 5.65 Å². The topological polar surface area (TPSA) is 63.3 Å². The minimum Gasteiger partial charge on any atom is -0.392 e. The van der Waals surface area contributed by atoms with Crippen molar-refractivity contribution < 1.29 is 18.3 Å². The van der Waals surface area contributed by atoms with Crippen LogP contribution in [0, 0.1) is 0 Å². The number of benzene rings is 1. The zero-order chi connectivity index (χ0) is 15.0. The first-order chi connectivity index (χ1) is 9.99. The highest BCUT2D eigenvalue weighted by atomic mass is 19.4. The summed E-state index contributed by atoms with van der Waals surface area (Å²) in [6, 6.07) is 6.71. The maximum absolute atomic E-state index is 12.8. The normalized spacial score (nSPS) is 12.0. The Morgan fingerprint density at radius 1 is 1.10 bits per heavy atom. The highest BCUT2D eigenvalue weighted by Crippen LogP contribution is 2.28. The van der Waals surface area contributed by atoms with E-state index in [9.17, 15) is 13.2 Å². The molecule has 0 amide bonds. The van der Waals surface area contributed by atoms with Crippen molar-refractivity contribution >= 4 is 5.65 Å². The van der Waals surface area contributed by atoms with Crippen LogP contribution in [0.15, 0.2) is 36.7 Å². The van der Waals surface area contributed by atoms with Crippen molar-refractivity contribution in [3.63, 3.8) is 0 Å². The molecule has 0 atom stereocenters. The Morgan fingerprint density at radius 3 is 2.43 bits per heavy atom. The molecule has 0 fully saturated rings. The van der Waals surface area contributed by atoms with Crippen molar-refractivity contribution in [3.05, 3.63) is 48.0 Å². The van der Waals surface area contributed by atoms with E-state index in [0.29, 0.717) is 16.8 Å². The van der Waals surface area contributed by atoms with Crippen molar-refractivity contribution in [1.29, 1.82) is 0 Å². The number of aromatic nitrogens is 4. The Labute approximate surface area is 116 Å². The Morgan fingerprint density at radius 2 is 1.81 bits per heavy atom. The highest BCUT2D eigenvalue weighted by Gasteiger charge is 2.37. The summed E-state index contributed by atoms with van der Waals surface area (Å²) in [6.07, 6.45) is -2.11. The molecule has 0 saturated heterocycles. The van der Waals surface area contributed by atoms with Crippen molar-refractivity contribution in [2.45, 2.75) is 12.8 Å². The van der Waals surface area contributed by atoms with Gasteiger partial charge in [0.1, 0.15) is 0 Å². The third-order valence-electron chi connectivity index (χ3n) is 2.98. The molecule has 3 aromatic rings. The number of hydrogen-bond acceptors (Lipinski definition) is 4. The van der Waals surface area contributed by atoms with E-state index in [2.05, 4.69) is 15.2 Å². The maximum atomic E-state index is 12.8. The number of nitrogens with zero attached hydrogens (tertiary/aromatic N) is 4. The van der Waals surface area contributed by atoms with Gasteiger partial charge in [0.2, 0.25) is 5.82 Å². The first-order valence-electron chi connectivity index (χ1n) is 5.97. The molecular formula is C13H9F3N4O. The molecule has 5 nitrogen and oxygen atoms in total. The fourth-order valence-corrected chi connectivity index (χ4v) is 1.92. The molecule has 8 heteroatoms. The number of aliphatic hydroxyl groups excluding tert-OH is 1. The zero-order valence-electron chi connectivity index (χ0n) is 10.5. The first kappa shape index (κ1) is 13.5. The van der Waals surface area contributed by atoms with E-state index >= 15 is 0 Å². The summed E-state index contributed by atoms with van der Waals surface area (Å²) in [5.41, 5.74) is 1.73. The lowest BCUT2D eigenvalue weighted by molar-refractivity contribution is -0.145. The Kier molecular flexibility index (Phi) is 3.09. The van der Waals surface area contributed by atoms with E-state index in [1.807, 2.05) is 0 Å². The van der Waals surface area contributed by atoms with Gasteiger partial charge in [-0.15, -0.1) is 10.2 Å². The van der Waals surface area contributed by atoms with Gasteiger partial charge in [0, 0.05) is 11.8 Å². The fourth-order valence-electron chi connectivity index (χ4n) is 1.92. The molecule has 0 aliphatic carbocycles. The molecule has 2 heterocycles. The predicted octanol–water partition coefficient (Wildman–Crippen LogP) is 2.30. The summed E-state index contributed by atoms with van der Waals surface area (Å²) in [4.78, 5) is 4.07.